The highest BCUT2D eigenvalue weighted by atomic mass is 19.1. The third-order valence-electron chi connectivity index (χ3n) is 17.3. The molecule has 88 heavy (non-hydrogen) atoms. The van der Waals surface area contributed by atoms with Crippen molar-refractivity contribution in [3.05, 3.63) is 264 Å². The molecule has 3 heterocycles. The number of aromatic nitrogens is 2. The van der Waals surface area contributed by atoms with Crippen molar-refractivity contribution in [1.29, 1.82) is 0 Å². The lowest BCUT2D eigenvalue weighted by Gasteiger charge is -2.31. The van der Waals surface area contributed by atoms with Gasteiger partial charge in [0.15, 0.2) is 0 Å². The van der Waals surface area contributed by atoms with E-state index in [2.05, 4.69) is 253 Å². The number of para-hydroxylation sites is 3. The van der Waals surface area contributed by atoms with E-state index in [1.807, 2.05) is 42.6 Å². The van der Waals surface area contributed by atoms with Gasteiger partial charge in [-0.3, -0.25) is 4.57 Å². The monoisotopic (exact) mass is 1160 g/mol. The van der Waals surface area contributed by atoms with Crippen LogP contribution in [0.25, 0.3) is 83.3 Å². The maximum atomic E-state index is 16.9. The highest BCUT2D eigenvalue weighted by Gasteiger charge is 2.35. The first-order chi connectivity index (χ1) is 42.3. The topological polar surface area (TPSA) is 33.5 Å². The smallest absolute Gasteiger partial charge is 0.137 e. The molecule has 12 aromatic rings. The molecular weight excluding hydrogens is 1090 g/mol. The number of anilines is 4. The molecule has 10 aromatic carbocycles. The van der Waals surface area contributed by atoms with Crippen LogP contribution in [-0.2, 0) is 10.8 Å². The molecule has 5 nitrogen and oxygen atoms in total. The van der Waals surface area contributed by atoms with Crippen molar-refractivity contribution >= 4 is 44.6 Å². The minimum absolute atomic E-state index is 0.101. The zero-order valence-corrected chi connectivity index (χ0v) is 51.6. The van der Waals surface area contributed by atoms with E-state index < -0.39 is 22.9 Å². The Labute approximate surface area is 515 Å². The fraction of sp³-hybridized carbons (Fsp3) is 0.188. The highest BCUT2D eigenvalue weighted by Crippen LogP contribution is 2.54. The van der Waals surface area contributed by atoms with Crippen molar-refractivity contribution in [3.8, 4) is 73.0 Å². The van der Waals surface area contributed by atoms with Gasteiger partial charge in [0.25, 0.3) is 0 Å². The predicted molar refractivity (Wildman–Crippen MR) is 360 cm³/mol. The van der Waals surface area contributed by atoms with Crippen LogP contribution in [0.2, 0.25) is 0 Å². The second-order valence-electron chi connectivity index (χ2n) is 26.1. The second kappa shape index (κ2) is 22.6. The van der Waals surface area contributed by atoms with E-state index in [1.165, 1.54) is 5.56 Å². The maximum Gasteiger partial charge on any atom is 0.137 e. The Morgan fingerprint density at radius 2 is 1.01 bits per heavy atom. The molecule has 0 N–H and O–H groups in total. The zero-order chi connectivity index (χ0) is 61.3. The fourth-order valence-corrected chi connectivity index (χ4v) is 12.6. The lowest BCUT2D eigenvalue weighted by Crippen LogP contribution is -2.25. The number of benzene rings is 10. The Balaban J connectivity index is 1.05. The number of fused-ring (bicyclic) bond motifs is 4. The van der Waals surface area contributed by atoms with Gasteiger partial charge in [0.2, 0.25) is 0 Å². The summed E-state index contributed by atoms with van der Waals surface area (Å²) in [5.41, 5.74) is 16.8. The highest BCUT2D eigenvalue weighted by molar-refractivity contribution is 6.09. The van der Waals surface area contributed by atoms with Gasteiger partial charge in [-0.2, -0.15) is 0 Å². The Morgan fingerprint density at radius 1 is 0.432 bits per heavy atom. The van der Waals surface area contributed by atoms with E-state index in [9.17, 15) is 0 Å². The molecule has 1 aliphatic rings. The van der Waals surface area contributed by atoms with Gasteiger partial charge in [-0.1, -0.05) is 197 Å². The van der Waals surface area contributed by atoms with Crippen LogP contribution in [0.4, 0.5) is 35.9 Å². The fourth-order valence-electron chi connectivity index (χ4n) is 12.6. The van der Waals surface area contributed by atoms with E-state index in [0.29, 0.717) is 22.7 Å². The molecule has 0 spiro atoms. The first kappa shape index (κ1) is 57.4. The average Bonchev–Trinajstić information content (AvgIpc) is 1.50. The van der Waals surface area contributed by atoms with Gasteiger partial charge < -0.3 is 14.5 Å². The van der Waals surface area contributed by atoms with E-state index in [1.54, 1.807) is 0 Å². The van der Waals surface area contributed by atoms with Crippen molar-refractivity contribution in [2.24, 2.45) is 0 Å². The van der Waals surface area contributed by atoms with Gasteiger partial charge in [0.1, 0.15) is 41.4 Å². The Hall–Kier alpha value is -9.66. The summed E-state index contributed by atoms with van der Waals surface area (Å²) in [6.07, 6.45) is 1.90. The van der Waals surface area contributed by atoms with Crippen LogP contribution in [0.3, 0.4) is 0 Å². The van der Waals surface area contributed by atoms with Crippen LogP contribution in [-0.4, -0.2) is 16.2 Å². The lowest BCUT2D eigenvalue weighted by molar-refractivity contribution is 0.483. The zero-order valence-electron chi connectivity index (χ0n) is 51.6. The molecule has 0 bridgehead atoms. The number of ether oxygens (including phenoxy) is 1. The van der Waals surface area contributed by atoms with Crippen molar-refractivity contribution in [2.75, 3.05) is 16.5 Å². The summed E-state index contributed by atoms with van der Waals surface area (Å²) in [4.78, 5) is 9.42. The van der Waals surface area contributed by atoms with Gasteiger partial charge in [-0.25, -0.2) is 18.2 Å². The largest absolute Gasteiger partial charge is 0.457 e. The summed E-state index contributed by atoms with van der Waals surface area (Å²) in [5.74, 6) is -0.512. The molecule has 0 saturated carbocycles. The number of rotatable bonds is 12. The maximum absolute atomic E-state index is 16.9. The van der Waals surface area contributed by atoms with E-state index in [0.717, 1.165) is 118 Å². The minimum Gasteiger partial charge on any atom is -0.457 e. The second-order valence-corrected chi connectivity index (χ2v) is 26.1. The summed E-state index contributed by atoms with van der Waals surface area (Å²) in [5, 5.41) is 2.18. The summed E-state index contributed by atoms with van der Waals surface area (Å²) >= 11 is 0. The lowest BCUT2D eigenvalue weighted by atomic mass is 9.81. The number of hydrogen-bond donors (Lipinski definition) is 0. The van der Waals surface area contributed by atoms with Crippen LogP contribution in [0.1, 0.15) is 103 Å². The third kappa shape index (κ3) is 10.7. The van der Waals surface area contributed by atoms with Crippen LogP contribution in [0.5, 0.6) is 11.5 Å². The Morgan fingerprint density at radius 3 is 1.64 bits per heavy atom. The molecule has 1 aliphatic heterocycles. The van der Waals surface area contributed by atoms with Gasteiger partial charge >= 0.3 is 0 Å². The molecule has 0 amide bonds. The van der Waals surface area contributed by atoms with Gasteiger partial charge in [0, 0.05) is 58.0 Å². The molecule has 13 rings (SSSR count). The number of hydrogen-bond acceptors (Lipinski definition) is 4. The van der Waals surface area contributed by atoms with Crippen molar-refractivity contribution in [1.82, 2.24) is 9.55 Å². The van der Waals surface area contributed by atoms with Crippen LogP contribution in [0.15, 0.2) is 225 Å². The molecule has 8 heteroatoms. The molecule has 0 aliphatic carbocycles. The molecule has 0 radical (unpaired) electrons. The third-order valence-corrected chi connectivity index (χ3v) is 17.3. The summed E-state index contributed by atoms with van der Waals surface area (Å²) in [6, 6.07) is 73.5. The quantitative estimate of drug-likeness (QED) is 0.122. The molecule has 0 saturated heterocycles. The van der Waals surface area contributed by atoms with Gasteiger partial charge in [-0.05, 0) is 151 Å². The molecule has 0 atom stereocenters. The number of nitrogens with zero attached hydrogens (tertiary/aromatic N) is 4. The summed E-state index contributed by atoms with van der Waals surface area (Å²) in [7, 11) is 0. The number of pyridine rings is 1. The minimum atomic E-state index is -0.983. The summed E-state index contributed by atoms with van der Waals surface area (Å²) in [6.45, 7) is 22.0. The first-order valence-corrected chi connectivity index (χ1v) is 30.5. The van der Waals surface area contributed by atoms with Crippen LogP contribution < -0.4 is 14.5 Å². The number of halogens is 3. The van der Waals surface area contributed by atoms with E-state index in [4.69, 9.17) is 9.72 Å². The normalized spacial score (nSPS) is 12.7. The SMILES string of the molecule is CC(C)c1cc(-c2cc(C(C)(C)C)cc(-c3c(F)cc(F)cc3F)c2N2CN(c3cc(Oc4ccc5c6ccccc6n(-c6cc(C(C)(C)C)ccn6)c5c4)cc(-c4c(-c5ccccc5)cccc4-c4ccccc4)c3)c3ccccc32)cc(C(C)C)c1. The van der Waals surface area contributed by atoms with E-state index in [-0.39, 0.29) is 29.5 Å². The molecule has 2 aromatic heterocycles. The predicted octanol–water partition coefficient (Wildman–Crippen LogP) is 22.8. The van der Waals surface area contributed by atoms with Gasteiger partial charge in [-0.15, -0.1) is 0 Å². The standard InChI is InChI=1S/C80H71F3N4O/c1-49(2)53-36-54(50(3)4)38-55(37-53)67-41-58(80(8,9)10)42-68(77-69(82)44-59(81)45-70(77)83)78(67)86-48-85(72-30-19-20-31-73(72)86)60-39-56(76-63(51-22-13-11-14-23-51)27-21-28-64(76)52-24-15-12-16-25-52)40-62(46-60)88-61-32-33-66-65-26-17-18-29-71(65)87(74(66)47-61)75-43-57(34-35-84-75)79(5,6)7/h11-47,49-50H,48H2,1-10H3. The molecule has 438 valence electrons. The van der Waals surface area contributed by atoms with Gasteiger partial charge in [0.05, 0.1) is 33.7 Å². The van der Waals surface area contributed by atoms with Crippen LogP contribution >= 0.6 is 0 Å². The van der Waals surface area contributed by atoms with Crippen LogP contribution in [0, 0.1) is 17.5 Å². The molecule has 0 fully saturated rings. The summed E-state index contributed by atoms with van der Waals surface area (Å²) < 4.78 is 58.5. The van der Waals surface area contributed by atoms with Crippen molar-refractivity contribution < 1.29 is 17.9 Å². The molecule has 0 unspecified atom stereocenters. The van der Waals surface area contributed by atoms with Crippen molar-refractivity contribution in [3.63, 3.8) is 0 Å². The first-order valence-electron chi connectivity index (χ1n) is 30.5. The average molecular weight is 1160 g/mol. The molecular formula is C80H71F3N4O. The Bertz CT molecular complexity index is 4540. The van der Waals surface area contributed by atoms with Crippen molar-refractivity contribution in [2.45, 2.75) is 91.9 Å². The Kier molecular flexibility index (Phi) is 14.7. The van der Waals surface area contributed by atoms with E-state index >= 15 is 13.2 Å².